The highest BCUT2D eigenvalue weighted by Gasteiger charge is 2.27. The summed E-state index contributed by atoms with van der Waals surface area (Å²) in [6, 6.07) is 6.25. The number of benzene rings is 1. The van der Waals surface area contributed by atoms with E-state index < -0.39 is 6.10 Å². The molecule has 20 heavy (non-hydrogen) atoms. The lowest BCUT2D eigenvalue weighted by atomic mass is 10.0. The van der Waals surface area contributed by atoms with E-state index in [0.29, 0.717) is 19.4 Å². The van der Waals surface area contributed by atoms with Gasteiger partial charge in [0.1, 0.15) is 5.82 Å². The topological polar surface area (TPSA) is 50.7 Å². The summed E-state index contributed by atoms with van der Waals surface area (Å²) in [5.74, 6) is 0.489. The third kappa shape index (κ3) is 4.23. The summed E-state index contributed by atoms with van der Waals surface area (Å²) in [6.45, 7) is 0.632. The molecule has 0 fully saturated rings. The van der Waals surface area contributed by atoms with Crippen molar-refractivity contribution in [3.8, 4) is 0 Å². The Morgan fingerprint density at radius 2 is 2.25 bits per heavy atom. The maximum absolute atomic E-state index is 12.8. The summed E-state index contributed by atoms with van der Waals surface area (Å²) in [7, 11) is 0. The van der Waals surface area contributed by atoms with Crippen LogP contribution in [0, 0.1) is 5.82 Å². The molecule has 0 bridgehead atoms. The monoisotopic (exact) mass is 296 g/mol. The van der Waals surface area contributed by atoms with E-state index >= 15 is 0 Å². The lowest BCUT2D eigenvalue weighted by molar-refractivity contribution is -0.131. The Kier molecular flexibility index (Phi) is 5.40. The summed E-state index contributed by atoms with van der Waals surface area (Å²) in [6.07, 6.45) is 2.52. The Morgan fingerprint density at radius 3 is 2.95 bits per heavy atom. The average Bonchev–Trinajstić information content (AvgIpc) is 2.90. The van der Waals surface area contributed by atoms with E-state index in [0.717, 1.165) is 17.0 Å². The van der Waals surface area contributed by atoms with Crippen LogP contribution in [0.4, 0.5) is 4.39 Å². The first-order valence-corrected chi connectivity index (χ1v) is 7.81. The molecule has 108 valence electrons. The second kappa shape index (κ2) is 7.28. The fourth-order valence-corrected chi connectivity index (χ4v) is 2.21. The van der Waals surface area contributed by atoms with Crippen LogP contribution in [0.5, 0.6) is 0 Å². The number of hydrogen-bond acceptors (Lipinski definition) is 4. The number of carbonyl (C=O) groups is 1. The van der Waals surface area contributed by atoms with E-state index in [-0.39, 0.29) is 11.7 Å². The van der Waals surface area contributed by atoms with Crippen molar-refractivity contribution in [1.82, 2.24) is 5.32 Å². The van der Waals surface area contributed by atoms with Gasteiger partial charge < -0.3 is 10.2 Å². The van der Waals surface area contributed by atoms with Crippen LogP contribution in [0.25, 0.3) is 0 Å². The van der Waals surface area contributed by atoms with E-state index in [1.807, 2.05) is 6.26 Å². The molecule has 1 unspecified atom stereocenters. The van der Waals surface area contributed by atoms with Crippen molar-refractivity contribution in [1.29, 1.82) is 0 Å². The molecule has 0 aromatic heterocycles. The number of thioether (sulfide) groups is 1. The summed E-state index contributed by atoms with van der Waals surface area (Å²) >= 11 is 1.67. The molecule has 0 spiro atoms. The summed E-state index contributed by atoms with van der Waals surface area (Å²) in [5.41, 5.74) is 1.76. The SMILES string of the molecule is CSCCNC(=O)C1CC(Cc2ccc(F)cc2)=NO1. The molecule has 1 N–H and O–H groups in total. The number of nitrogens with zero attached hydrogens (tertiary/aromatic N) is 1. The molecule has 6 heteroatoms. The van der Waals surface area contributed by atoms with Gasteiger partial charge in [-0.2, -0.15) is 11.8 Å². The van der Waals surface area contributed by atoms with Gasteiger partial charge in [-0.1, -0.05) is 17.3 Å². The largest absolute Gasteiger partial charge is 0.382 e. The number of carbonyl (C=O) groups excluding carboxylic acids is 1. The van der Waals surface area contributed by atoms with Crippen molar-refractivity contribution in [2.24, 2.45) is 5.16 Å². The molecule has 1 atom stereocenters. The quantitative estimate of drug-likeness (QED) is 0.817. The molecule has 0 aliphatic carbocycles. The van der Waals surface area contributed by atoms with Crippen LogP contribution in [0.3, 0.4) is 0 Å². The van der Waals surface area contributed by atoms with Gasteiger partial charge in [0.2, 0.25) is 6.10 Å². The Bertz CT molecular complexity index is 490. The number of rotatable bonds is 6. The minimum atomic E-state index is -0.535. The van der Waals surface area contributed by atoms with Crippen LogP contribution in [-0.4, -0.2) is 36.3 Å². The van der Waals surface area contributed by atoms with Crippen molar-refractivity contribution >= 4 is 23.4 Å². The van der Waals surface area contributed by atoms with Crippen molar-refractivity contribution in [2.75, 3.05) is 18.6 Å². The lowest BCUT2D eigenvalue weighted by Gasteiger charge is -2.08. The van der Waals surface area contributed by atoms with Crippen molar-refractivity contribution in [2.45, 2.75) is 18.9 Å². The predicted octanol–water partition coefficient (Wildman–Crippen LogP) is 1.99. The second-order valence-electron chi connectivity index (χ2n) is 4.54. The van der Waals surface area contributed by atoms with Crippen LogP contribution in [0.15, 0.2) is 29.4 Å². The molecule has 1 aliphatic heterocycles. The fraction of sp³-hybridized carbons (Fsp3) is 0.429. The van der Waals surface area contributed by atoms with Gasteiger partial charge in [0.15, 0.2) is 0 Å². The normalized spacial score (nSPS) is 17.5. The van der Waals surface area contributed by atoms with Crippen molar-refractivity contribution in [3.05, 3.63) is 35.6 Å². The molecule has 1 amide bonds. The highest BCUT2D eigenvalue weighted by atomic mass is 32.2. The molecule has 2 rings (SSSR count). The van der Waals surface area contributed by atoms with Crippen LogP contribution in [0.2, 0.25) is 0 Å². The van der Waals surface area contributed by atoms with E-state index in [2.05, 4.69) is 10.5 Å². The molecule has 4 nitrogen and oxygen atoms in total. The maximum atomic E-state index is 12.8. The minimum absolute atomic E-state index is 0.128. The molecular formula is C14H17FN2O2S. The van der Waals surface area contributed by atoms with Gasteiger partial charge in [-0.05, 0) is 24.0 Å². The molecular weight excluding hydrogens is 279 g/mol. The molecule has 0 saturated heterocycles. The zero-order chi connectivity index (χ0) is 14.4. The number of oxime groups is 1. The third-order valence-electron chi connectivity index (χ3n) is 2.95. The maximum Gasteiger partial charge on any atom is 0.264 e. The Morgan fingerprint density at radius 1 is 1.50 bits per heavy atom. The van der Waals surface area contributed by atoms with Crippen LogP contribution < -0.4 is 5.32 Å². The van der Waals surface area contributed by atoms with Gasteiger partial charge in [0.05, 0.1) is 5.71 Å². The molecule has 1 aromatic rings. The van der Waals surface area contributed by atoms with E-state index in [4.69, 9.17) is 4.84 Å². The zero-order valence-corrected chi connectivity index (χ0v) is 12.1. The van der Waals surface area contributed by atoms with Gasteiger partial charge in [-0.3, -0.25) is 4.79 Å². The smallest absolute Gasteiger partial charge is 0.264 e. The number of nitrogens with one attached hydrogen (secondary N) is 1. The van der Waals surface area contributed by atoms with Gasteiger partial charge >= 0.3 is 0 Å². The second-order valence-corrected chi connectivity index (χ2v) is 5.53. The van der Waals surface area contributed by atoms with Gasteiger partial charge in [0.25, 0.3) is 5.91 Å². The van der Waals surface area contributed by atoms with Crippen LogP contribution in [0.1, 0.15) is 12.0 Å². The van der Waals surface area contributed by atoms with Gasteiger partial charge in [-0.25, -0.2) is 4.39 Å². The van der Waals surface area contributed by atoms with Crippen LogP contribution in [-0.2, 0) is 16.1 Å². The lowest BCUT2D eigenvalue weighted by Crippen LogP contribution is -2.36. The highest BCUT2D eigenvalue weighted by molar-refractivity contribution is 7.98. The van der Waals surface area contributed by atoms with Gasteiger partial charge in [-0.15, -0.1) is 0 Å². The first-order chi connectivity index (χ1) is 9.69. The minimum Gasteiger partial charge on any atom is -0.382 e. The van der Waals surface area contributed by atoms with Crippen molar-refractivity contribution in [3.63, 3.8) is 0 Å². The Balaban J connectivity index is 1.79. The Hall–Kier alpha value is -1.56. The highest BCUT2D eigenvalue weighted by Crippen LogP contribution is 2.15. The third-order valence-corrected chi connectivity index (χ3v) is 3.56. The summed E-state index contributed by atoms with van der Waals surface area (Å²) < 4.78 is 12.8. The average molecular weight is 296 g/mol. The first-order valence-electron chi connectivity index (χ1n) is 6.41. The molecule has 0 saturated carbocycles. The summed E-state index contributed by atoms with van der Waals surface area (Å²) in [4.78, 5) is 16.9. The molecule has 1 aliphatic rings. The van der Waals surface area contributed by atoms with E-state index in [1.165, 1.54) is 12.1 Å². The number of halogens is 1. The zero-order valence-electron chi connectivity index (χ0n) is 11.3. The molecule has 0 radical (unpaired) electrons. The first kappa shape index (κ1) is 14.8. The summed E-state index contributed by atoms with van der Waals surface area (Å²) in [5, 5.41) is 6.75. The predicted molar refractivity (Wildman–Crippen MR) is 78.4 cm³/mol. The molecule has 1 heterocycles. The standard InChI is InChI=1S/C14H17FN2O2S/c1-20-7-6-16-14(18)13-9-12(17-19-13)8-10-2-4-11(15)5-3-10/h2-5,13H,6-9H2,1H3,(H,16,18). The van der Waals surface area contributed by atoms with Crippen molar-refractivity contribution < 1.29 is 14.0 Å². The van der Waals surface area contributed by atoms with Gasteiger partial charge in [0, 0.05) is 25.1 Å². The number of hydrogen-bond donors (Lipinski definition) is 1. The molecule has 1 aromatic carbocycles. The van der Waals surface area contributed by atoms with E-state index in [1.54, 1.807) is 23.9 Å². The van der Waals surface area contributed by atoms with Crippen LogP contribution >= 0.6 is 11.8 Å². The fourth-order valence-electron chi connectivity index (χ4n) is 1.90. The van der Waals surface area contributed by atoms with E-state index in [9.17, 15) is 9.18 Å². The number of amides is 1. The Labute approximate surface area is 121 Å².